The number of hydrogen-bond donors (Lipinski definition) is 2. The van der Waals surface area contributed by atoms with Gasteiger partial charge in [0.15, 0.2) is 5.82 Å². The molecule has 3 N–H and O–H groups in total. The fourth-order valence-corrected chi connectivity index (χ4v) is 1.50. The number of nitrogens with two attached hydrogens (primary N) is 1. The smallest absolute Gasteiger partial charge is 0.263 e. The number of rotatable bonds is 5. The van der Waals surface area contributed by atoms with Gasteiger partial charge >= 0.3 is 0 Å². The lowest BCUT2D eigenvalue weighted by Gasteiger charge is -2.01. The van der Waals surface area contributed by atoms with Crippen LogP contribution in [0, 0.1) is 0 Å². The first-order chi connectivity index (χ1) is 9.24. The first-order valence-electron chi connectivity index (χ1n) is 5.87. The summed E-state index contributed by atoms with van der Waals surface area (Å²) in [5.74, 6) is 7.68. The molecular weight excluding hydrogens is 315 g/mol. The monoisotopic (exact) mass is 332 g/mol. The molecule has 0 saturated heterocycles. The van der Waals surface area contributed by atoms with E-state index in [2.05, 4.69) is 20.7 Å². The minimum absolute atomic E-state index is 0. The number of hydrazone groups is 1. The molecule has 0 saturated carbocycles. The van der Waals surface area contributed by atoms with Gasteiger partial charge in [0.1, 0.15) is 5.75 Å². The highest BCUT2D eigenvalue weighted by Crippen LogP contribution is 2.10. The topological polar surface area (TPSA) is 90.4 Å². The molecule has 1 heterocycles. The Morgan fingerprint density at radius 2 is 1.95 bits per heavy atom. The van der Waals surface area contributed by atoms with E-state index in [1.807, 2.05) is 31.2 Å². The Balaban J connectivity index is 0.00000200. The molecule has 21 heavy (non-hydrogen) atoms. The molecule has 2 aromatic rings. The molecular formula is C12H18Cl2N6O. The second kappa shape index (κ2) is 9.04. The number of anilines is 1. The van der Waals surface area contributed by atoms with Crippen LogP contribution in [0.4, 0.5) is 5.95 Å². The van der Waals surface area contributed by atoms with Crippen LogP contribution in [-0.2, 0) is 6.42 Å². The van der Waals surface area contributed by atoms with Gasteiger partial charge in [-0.2, -0.15) is 5.10 Å². The third-order valence-corrected chi connectivity index (χ3v) is 2.58. The van der Waals surface area contributed by atoms with Gasteiger partial charge in [-0.05, 0) is 29.8 Å². The van der Waals surface area contributed by atoms with Gasteiger partial charge in [0.25, 0.3) is 5.95 Å². The Morgan fingerprint density at radius 1 is 1.29 bits per heavy atom. The van der Waals surface area contributed by atoms with Crippen molar-refractivity contribution in [1.29, 1.82) is 0 Å². The number of nitrogens with zero attached hydrogens (tertiary/aromatic N) is 4. The van der Waals surface area contributed by atoms with E-state index in [-0.39, 0.29) is 24.8 Å². The van der Waals surface area contributed by atoms with Crippen LogP contribution in [0.1, 0.15) is 18.3 Å². The third-order valence-electron chi connectivity index (χ3n) is 2.58. The van der Waals surface area contributed by atoms with Gasteiger partial charge < -0.3 is 10.6 Å². The van der Waals surface area contributed by atoms with Gasteiger partial charge in [0.2, 0.25) is 0 Å². The Morgan fingerprint density at radius 3 is 2.48 bits per heavy atom. The molecule has 116 valence electrons. The number of halogens is 2. The van der Waals surface area contributed by atoms with E-state index in [1.54, 1.807) is 13.3 Å². The summed E-state index contributed by atoms with van der Waals surface area (Å²) in [6, 6.07) is 7.52. The van der Waals surface area contributed by atoms with E-state index < -0.39 is 0 Å². The van der Waals surface area contributed by atoms with Crippen molar-refractivity contribution < 1.29 is 4.74 Å². The second-order valence-corrected chi connectivity index (χ2v) is 3.81. The summed E-state index contributed by atoms with van der Waals surface area (Å²) in [4.78, 5) is 0. The van der Waals surface area contributed by atoms with Crippen LogP contribution in [0.2, 0.25) is 0 Å². The number of nitrogens with one attached hydrogen (secondary N) is 1. The summed E-state index contributed by atoms with van der Waals surface area (Å²) < 4.78 is 6.46. The van der Waals surface area contributed by atoms with Crippen molar-refractivity contribution in [2.45, 2.75) is 13.3 Å². The molecule has 0 fully saturated rings. The van der Waals surface area contributed by atoms with Crippen molar-refractivity contribution in [2.24, 2.45) is 5.10 Å². The zero-order chi connectivity index (χ0) is 13.7. The Bertz CT molecular complexity index is 570. The summed E-state index contributed by atoms with van der Waals surface area (Å²) in [5, 5.41) is 11.9. The summed E-state index contributed by atoms with van der Waals surface area (Å²) in [6.07, 6.45) is 2.38. The Labute approximate surface area is 135 Å². The van der Waals surface area contributed by atoms with Crippen LogP contribution >= 0.6 is 24.8 Å². The molecule has 0 radical (unpaired) electrons. The van der Waals surface area contributed by atoms with Gasteiger partial charge in [-0.3, -0.25) is 0 Å². The molecule has 1 aromatic carbocycles. The minimum Gasteiger partial charge on any atom is -0.497 e. The SMILES string of the molecule is CCc1nnc(NN=Cc2ccc(OC)cc2)n1N.Cl.Cl. The fraction of sp³-hybridized carbons (Fsp3) is 0.250. The zero-order valence-corrected chi connectivity index (χ0v) is 13.3. The van der Waals surface area contributed by atoms with Crippen molar-refractivity contribution >= 4 is 37.0 Å². The highest BCUT2D eigenvalue weighted by Gasteiger charge is 2.05. The first-order valence-corrected chi connectivity index (χ1v) is 5.87. The van der Waals surface area contributed by atoms with E-state index in [0.717, 1.165) is 11.3 Å². The van der Waals surface area contributed by atoms with E-state index in [0.29, 0.717) is 18.2 Å². The van der Waals surface area contributed by atoms with Crippen LogP contribution in [-0.4, -0.2) is 28.2 Å². The zero-order valence-electron chi connectivity index (χ0n) is 11.7. The fourth-order valence-electron chi connectivity index (χ4n) is 1.50. The predicted molar refractivity (Wildman–Crippen MR) is 88.3 cm³/mol. The number of ether oxygens (including phenoxy) is 1. The molecule has 0 bridgehead atoms. The van der Waals surface area contributed by atoms with Crippen LogP contribution in [0.25, 0.3) is 0 Å². The molecule has 0 aliphatic rings. The third kappa shape index (κ3) is 4.80. The number of aryl methyl sites for hydroxylation is 1. The average molecular weight is 333 g/mol. The maximum atomic E-state index is 5.77. The maximum absolute atomic E-state index is 5.77. The van der Waals surface area contributed by atoms with Crippen molar-refractivity contribution in [2.75, 3.05) is 18.4 Å². The standard InChI is InChI=1S/C12H16N6O.2ClH/c1-3-11-15-17-12(18(11)13)16-14-8-9-4-6-10(19-2)7-5-9;;/h4-8H,3,13H2,1-2H3,(H,16,17);2*1H. The van der Waals surface area contributed by atoms with Crippen molar-refractivity contribution in [3.63, 3.8) is 0 Å². The van der Waals surface area contributed by atoms with Crippen molar-refractivity contribution in [3.05, 3.63) is 35.7 Å². The van der Waals surface area contributed by atoms with Gasteiger partial charge in [-0.25, -0.2) is 10.1 Å². The molecule has 1 aromatic heterocycles. The molecule has 9 heteroatoms. The quantitative estimate of drug-likeness (QED) is 0.495. The molecule has 0 unspecified atom stereocenters. The first kappa shape index (κ1) is 19.0. The minimum atomic E-state index is 0. The molecule has 2 rings (SSSR count). The van der Waals surface area contributed by atoms with Crippen LogP contribution in [0.15, 0.2) is 29.4 Å². The molecule has 0 aliphatic heterocycles. The van der Waals surface area contributed by atoms with Crippen LogP contribution in [0.5, 0.6) is 5.75 Å². The van der Waals surface area contributed by atoms with E-state index in [9.17, 15) is 0 Å². The summed E-state index contributed by atoms with van der Waals surface area (Å²) in [7, 11) is 1.63. The Hall–Kier alpha value is -1.99. The highest BCUT2D eigenvalue weighted by atomic mass is 35.5. The summed E-state index contributed by atoms with van der Waals surface area (Å²) in [5.41, 5.74) is 3.68. The van der Waals surface area contributed by atoms with Gasteiger partial charge in [-0.15, -0.1) is 35.0 Å². The van der Waals surface area contributed by atoms with E-state index in [1.165, 1.54) is 4.68 Å². The molecule has 0 amide bonds. The number of aromatic nitrogens is 3. The highest BCUT2D eigenvalue weighted by molar-refractivity contribution is 5.85. The van der Waals surface area contributed by atoms with Crippen LogP contribution < -0.4 is 16.0 Å². The predicted octanol–water partition coefficient (Wildman–Crippen LogP) is 1.85. The molecule has 0 atom stereocenters. The normalized spacial score (nSPS) is 9.81. The van der Waals surface area contributed by atoms with Crippen molar-refractivity contribution in [1.82, 2.24) is 14.9 Å². The lowest BCUT2D eigenvalue weighted by molar-refractivity contribution is 0.415. The summed E-state index contributed by atoms with van der Waals surface area (Å²) in [6.45, 7) is 1.96. The number of benzene rings is 1. The lowest BCUT2D eigenvalue weighted by Crippen LogP contribution is -2.14. The van der Waals surface area contributed by atoms with Crippen LogP contribution in [0.3, 0.4) is 0 Å². The molecule has 7 nitrogen and oxygen atoms in total. The lowest BCUT2D eigenvalue weighted by atomic mass is 10.2. The molecule has 0 aliphatic carbocycles. The molecule has 0 spiro atoms. The number of methoxy groups -OCH3 is 1. The van der Waals surface area contributed by atoms with Gasteiger partial charge in [-0.1, -0.05) is 6.92 Å². The summed E-state index contributed by atoms with van der Waals surface area (Å²) >= 11 is 0. The largest absolute Gasteiger partial charge is 0.497 e. The average Bonchev–Trinajstić information content (AvgIpc) is 2.80. The Kier molecular flexibility index (Phi) is 8.18. The van der Waals surface area contributed by atoms with Gasteiger partial charge in [0.05, 0.1) is 13.3 Å². The van der Waals surface area contributed by atoms with Crippen molar-refractivity contribution in [3.8, 4) is 5.75 Å². The van der Waals surface area contributed by atoms with Gasteiger partial charge in [0, 0.05) is 6.42 Å². The second-order valence-electron chi connectivity index (χ2n) is 3.81. The van der Waals surface area contributed by atoms with E-state index in [4.69, 9.17) is 10.6 Å². The number of hydrogen-bond acceptors (Lipinski definition) is 6. The van der Waals surface area contributed by atoms with E-state index >= 15 is 0 Å². The maximum Gasteiger partial charge on any atom is 0.263 e. The number of nitrogen functional groups attached to an aromatic ring is 1.